The topological polar surface area (TPSA) is 43.4 Å². The van der Waals surface area contributed by atoms with Crippen LogP contribution < -0.4 is 0 Å². The molecule has 0 spiro atoms. The summed E-state index contributed by atoms with van der Waals surface area (Å²) in [6.07, 6.45) is 3.92. The zero-order chi connectivity index (χ0) is 10.1. The molecule has 0 aliphatic heterocycles. The van der Waals surface area contributed by atoms with E-state index in [0.29, 0.717) is 12.8 Å². The average molecular weight is 184 g/mol. The average Bonchev–Trinajstić information content (AvgIpc) is 2.14. The summed E-state index contributed by atoms with van der Waals surface area (Å²) in [6.45, 7) is 5.46. The highest BCUT2D eigenvalue weighted by atomic mass is 16.5. The summed E-state index contributed by atoms with van der Waals surface area (Å²) in [5.41, 5.74) is 0. The number of Topliss-reactive ketones (excluding diaryl/α,β-unsaturated/α-hetero) is 1. The van der Waals surface area contributed by atoms with Gasteiger partial charge in [-0.3, -0.25) is 4.79 Å². The fourth-order valence-electron chi connectivity index (χ4n) is 0.823. The van der Waals surface area contributed by atoms with Crippen LogP contribution in [0.25, 0.3) is 0 Å². The highest BCUT2D eigenvalue weighted by Gasteiger charge is 2.02. The number of hydrogen-bond donors (Lipinski definition) is 0. The van der Waals surface area contributed by atoms with E-state index in [1.54, 1.807) is 0 Å². The van der Waals surface area contributed by atoms with Crippen molar-refractivity contribution in [2.24, 2.45) is 0 Å². The van der Waals surface area contributed by atoms with Crippen LogP contribution >= 0.6 is 0 Å². The van der Waals surface area contributed by atoms with Crippen molar-refractivity contribution in [3.63, 3.8) is 0 Å². The number of ketones is 1. The maximum absolute atomic E-state index is 11.1. The quantitative estimate of drug-likeness (QED) is 0.448. The van der Waals surface area contributed by atoms with Crippen molar-refractivity contribution in [2.75, 3.05) is 6.61 Å². The number of unbranched alkanes of at least 4 members (excludes halogenated alkanes) is 1. The van der Waals surface area contributed by atoms with E-state index < -0.39 is 5.97 Å². The van der Waals surface area contributed by atoms with E-state index in [1.165, 1.54) is 0 Å². The summed E-state index contributed by atoms with van der Waals surface area (Å²) in [7, 11) is 0. The molecule has 0 N–H and O–H groups in total. The van der Waals surface area contributed by atoms with Gasteiger partial charge in [0.2, 0.25) is 0 Å². The number of esters is 1. The van der Waals surface area contributed by atoms with E-state index >= 15 is 0 Å². The van der Waals surface area contributed by atoms with Crippen molar-refractivity contribution in [3.05, 3.63) is 12.7 Å². The molecule has 0 aromatic heterocycles. The number of carbonyl (C=O) groups is 2. The first-order valence-corrected chi connectivity index (χ1v) is 4.51. The van der Waals surface area contributed by atoms with Crippen LogP contribution in [0, 0.1) is 0 Å². The van der Waals surface area contributed by atoms with Gasteiger partial charge in [-0.1, -0.05) is 19.9 Å². The van der Waals surface area contributed by atoms with Gasteiger partial charge in [-0.15, -0.1) is 0 Å². The lowest BCUT2D eigenvalue weighted by Crippen LogP contribution is -2.07. The van der Waals surface area contributed by atoms with Crippen LogP contribution in [0.4, 0.5) is 0 Å². The third-order valence-corrected chi connectivity index (χ3v) is 1.60. The highest BCUT2D eigenvalue weighted by molar-refractivity contribution is 5.82. The molecule has 0 unspecified atom stereocenters. The lowest BCUT2D eigenvalue weighted by molar-refractivity contribution is -0.138. The van der Waals surface area contributed by atoms with E-state index in [2.05, 4.69) is 11.3 Å². The Morgan fingerprint density at radius 1 is 1.38 bits per heavy atom. The molecule has 0 aliphatic carbocycles. The zero-order valence-corrected chi connectivity index (χ0v) is 8.04. The van der Waals surface area contributed by atoms with Crippen molar-refractivity contribution < 1.29 is 14.3 Å². The summed E-state index contributed by atoms with van der Waals surface area (Å²) >= 11 is 0. The Morgan fingerprint density at radius 2 is 2.08 bits per heavy atom. The van der Waals surface area contributed by atoms with Gasteiger partial charge in [-0.25, -0.2) is 4.79 Å². The van der Waals surface area contributed by atoms with Crippen LogP contribution in [0.1, 0.15) is 32.6 Å². The van der Waals surface area contributed by atoms with Crippen molar-refractivity contribution in [1.82, 2.24) is 0 Å². The number of hydrogen-bond acceptors (Lipinski definition) is 3. The van der Waals surface area contributed by atoms with Gasteiger partial charge in [0.1, 0.15) is 5.78 Å². The standard InChI is InChI=1S/C10H16O3/c1-3-5-6-9(11)7-8-13-10(12)4-2/h4H,2-3,5-8H2,1H3. The summed E-state index contributed by atoms with van der Waals surface area (Å²) in [5.74, 6) is -0.318. The molecular formula is C10H16O3. The smallest absolute Gasteiger partial charge is 0.330 e. The normalized spacial score (nSPS) is 9.31. The van der Waals surface area contributed by atoms with Crippen LogP contribution in [0.3, 0.4) is 0 Å². The second-order valence-corrected chi connectivity index (χ2v) is 2.76. The fraction of sp³-hybridized carbons (Fsp3) is 0.600. The lowest BCUT2D eigenvalue weighted by Gasteiger charge is -2.00. The first-order valence-electron chi connectivity index (χ1n) is 4.51. The lowest BCUT2D eigenvalue weighted by atomic mass is 10.1. The van der Waals surface area contributed by atoms with Crippen LogP contribution in [-0.4, -0.2) is 18.4 Å². The number of rotatable bonds is 7. The summed E-state index contributed by atoms with van der Waals surface area (Å²) in [4.78, 5) is 21.6. The van der Waals surface area contributed by atoms with Crippen molar-refractivity contribution >= 4 is 11.8 Å². The fourth-order valence-corrected chi connectivity index (χ4v) is 0.823. The molecule has 0 saturated carbocycles. The summed E-state index contributed by atoms with van der Waals surface area (Å²) in [5, 5.41) is 0. The molecule has 0 aromatic rings. The maximum Gasteiger partial charge on any atom is 0.330 e. The van der Waals surface area contributed by atoms with E-state index in [1.807, 2.05) is 6.92 Å². The first-order chi connectivity index (χ1) is 6.20. The van der Waals surface area contributed by atoms with Crippen LogP contribution in [0.5, 0.6) is 0 Å². The number of ether oxygens (including phenoxy) is 1. The molecule has 0 fully saturated rings. The minimum Gasteiger partial charge on any atom is -0.462 e. The monoisotopic (exact) mass is 184 g/mol. The van der Waals surface area contributed by atoms with E-state index in [9.17, 15) is 9.59 Å². The molecular weight excluding hydrogens is 168 g/mol. The molecule has 3 heteroatoms. The molecule has 0 aromatic carbocycles. The molecule has 0 atom stereocenters. The summed E-state index contributed by atoms with van der Waals surface area (Å²) in [6, 6.07) is 0. The third-order valence-electron chi connectivity index (χ3n) is 1.60. The number of carbonyl (C=O) groups excluding carboxylic acids is 2. The highest BCUT2D eigenvalue weighted by Crippen LogP contribution is 1.98. The van der Waals surface area contributed by atoms with Gasteiger partial charge < -0.3 is 4.74 Å². The first kappa shape index (κ1) is 11.9. The second-order valence-electron chi connectivity index (χ2n) is 2.76. The van der Waals surface area contributed by atoms with E-state index in [0.717, 1.165) is 18.9 Å². The van der Waals surface area contributed by atoms with E-state index in [-0.39, 0.29) is 12.4 Å². The Bertz CT molecular complexity index is 185. The second kappa shape index (κ2) is 7.53. The van der Waals surface area contributed by atoms with Crippen molar-refractivity contribution in [1.29, 1.82) is 0 Å². The van der Waals surface area contributed by atoms with Crippen molar-refractivity contribution in [2.45, 2.75) is 32.6 Å². The molecule has 0 aliphatic rings. The zero-order valence-electron chi connectivity index (χ0n) is 8.04. The third kappa shape index (κ3) is 7.25. The Hall–Kier alpha value is -1.12. The van der Waals surface area contributed by atoms with Gasteiger partial charge >= 0.3 is 5.97 Å². The minimum atomic E-state index is -0.469. The Balaban J connectivity index is 3.36. The Labute approximate surface area is 78.8 Å². The van der Waals surface area contributed by atoms with Gasteiger partial charge in [0.25, 0.3) is 0 Å². The summed E-state index contributed by atoms with van der Waals surface area (Å²) < 4.78 is 4.66. The molecule has 0 amide bonds. The molecule has 3 nitrogen and oxygen atoms in total. The molecule has 74 valence electrons. The molecule has 0 heterocycles. The van der Waals surface area contributed by atoms with Gasteiger partial charge in [-0.2, -0.15) is 0 Å². The van der Waals surface area contributed by atoms with Gasteiger partial charge in [0.15, 0.2) is 0 Å². The molecule has 0 saturated heterocycles. The van der Waals surface area contributed by atoms with Gasteiger partial charge in [0, 0.05) is 18.9 Å². The van der Waals surface area contributed by atoms with Crippen molar-refractivity contribution in [3.8, 4) is 0 Å². The largest absolute Gasteiger partial charge is 0.462 e. The Morgan fingerprint density at radius 3 is 2.62 bits per heavy atom. The maximum atomic E-state index is 11.1. The predicted octanol–water partition coefficient (Wildman–Crippen LogP) is 1.86. The van der Waals surface area contributed by atoms with Crippen LogP contribution in [0.15, 0.2) is 12.7 Å². The van der Waals surface area contributed by atoms with Crippen LogP contribution in [-0.2, 0) is 14.3 Å². The van der Waals surface area contributed by atoms with E-state index in [4.69, 9.17) is 0 Å². The predicted molar refractivity (Wildman–Crippen MR) is 50.3 cm³/mol. The van der Waals surface area contributed by atoms with Crippen LogP contribution in [0.2, 0.25) is 0 Å². The molecule has 13 heavy (non-hydrogen) atoms. The minimum absolute atomic E-state index is 0.152. The Kier molecular flexibility index (Phi) is 6.88. The van der Waals surface area contributed by atoms with Gasteiger partial charge in [-0.05, 0) is 6.42 Å². The van der Waals surface area contributed by atoms with Gasteiger partial charge in [0.05, 0.1) is 6.61 Å². The molecule has 0 rings (SSSR count). The molecule has 0 bridgehead atoms. The molecule has 0 radical (unpaired) electrons. The SMILES string of the molecule is C=CC(=O)OCCC(=O)CCCC.